The highest BCUT2D eigenvalue weighted by atomic mass is 79.9. The van der Waals surface area contributed by atoms with Gasteiger partial charge in [-0.25, -0.2) is 0 Å². The Kier molecular flexibility index (Phi) is 3.94. The maximum Gasteiger partial charge on any atom is 0.262 e. The van der Waals surface area contributed by atoms with Gasteiger partial charge in [0.1, 0.15) is 0 Å². The zero-order valence-electron chi connectivity index (χ0n) is 11.2. The molecule has 0 fully saturated rings. The van der Waals surface area contributed by atoms with E-state index in [1.54, 1.807) is 0 Å². The molecule has 3 rings (SSSR count). The second kappa shape index (κ2) is 5.70. The van der Waals surface area contributed by atoms with Crippen LogP contribution in [0.1, 0.15) is 39.3 Å². The monoisotopic (exact) mass is 349 g/mol. The maximum atomic E-state index is 12.5. The van der Waals surface area contributed by atoms with Crippen LogP contribution in [0.25, 0.3) is 0 Å². The minimum absolute atomic E-state index is 0.0444. The highest BCUT2D eigenvalue weighted by Gasteiger charge is 2.32. The number of aryl methyl sites for hydroxylation is 1. The highest BCUT2D eigenvalue weighted by Crippen LogP contribution is 2.36. The van der Waals surface area contributed by atoms with Gasteiger partial charge < -0.3 is 5.32 Å². The summed E-state index contributed by atoms with van der Waals surface area (Å²) < 4.78 is 0. The van der Waals surface area contributed by atoms with E-state index in [1.165, 1.54) is 22.5 Å². The number of thiophene rings is 1. The summed E-state index contributed by atoms with van der Waals surface area (Å²) in [5.41, 5.74) is 3.68. The second-order valence-electron chi connectivity index (χ2n) is 5.00. The van der Waals surface area contributed by atoms with Crippen LogP contribution in [0.5, 0.6) is 0 Å². The Bertz CT molecular complexity index is 637. The fourth-order valence-corrected chi connectivity index (χ4v) is 4.40. The van der Waals surface area contributed by atoms with Crippen LogP contribution < -0.4 is 5.32 Å². The second-order valence-corrected chi connectivity index (χ2v) is 7.09. The molecular formula is C16H16BrNOS. The predicted octanol–water partition coefficient (Wildman–Crippen LogP) is 4.10. The molecule has 1 aromatic heterocycles. The summed E-state index contributed by atoms with van der Waals surface area (Å²) in [5.74, 6) is 0.0444. The van der Waals surface area contributed by atoms with Crippen molar-refractivity contribution in [1.29, 1.82) is 0 Å². The third kappa shape index (κ3) is 2.42. The Hall–Kier alpha value is -1.13. The number of carbonyl (C=O) groups excluding carboxylic acids is 1. The minimum Gasteiger partial charge on any atom is -0.343 e. The molecule has 2 unspecified atom stereocenters. The zero-order chi connectivity index (χ0) is 14.1. The van der Waals surface area contributed by atoms with Crippen LogP contribution >= 0.6 is 27.3 Å². The first-order valence-electron chi connectivity index (χ1n) is 6.79. The van der Waals surface area contributed by atoms with Crippen molar-refractivity contribution in [2.75, 3.05) is 0 Å². The van der Waals surface area contributed by atoms with E-state index >= 15 is 0 Å². The van der Waals surface area contributed by atoms with E-state index in [1.807, 2.05) is 17.5 Å². The highest BCUT2D eigenvalue weighted by molar-refractivity contribution is 9.09. The first-order valence-corrected chi connectivity index (χ1v) is 8.59. The summed E-state index contributed by atoms with van der Waals surface area (Å²) in [6.07, 6.45) is 1.86. The standard InChI is InChI=1S/C16H16BrNOS/c1-2-10-7-8-20-15(10)16(19)18-14-12-6-4-3-5-11(12)9-13(14)17/h3-8,13-14H,2,9H2,1H3,(H,18,19). The van der Waals surface area contributed by atoms with Crippen LogP contribution in [0.4, 0.5) is 0 Å². The largest absolute Gasteiger partial charge is 0.343 e. The molecule has 0 aliphatic heterocycles. The molecule has 2 nitrogen and oxygen atoms in total. The number of halogens is 1. The summed E-state index contributed by atoms with van der Waals surface area (Å²) in [6.45, 7) is 2.08. The molecule has 0 saturated heterocycles. The Labute approximate surface area is 131 Å². The van der Waals surface area contributed by atoms with Gasteiger partial charge in [0, 0.05) is 4.83 Å². The Morgan fingerprint density at radius 3 is 3.00 bits per heavy atom. The number of hydrogen-bond acceptors (Lipinski definition) is 2. The van der Waals surface area contributed by atoms with Crippen molar-refractivity contribution in [2.24, 2.45) is 0 Å². The molecule has 20 heavy (non-hydrogen) atoms. The first kappa shape index (κ1) is 13.8. The number of carbonyl (C=O) groups is 1. The molecule has 2 aromatic rings. The molecule has 4 heteroatoms. The summed E-state index contributed by atoms with van der Waals surface area (Å²) in [5, 5.41) is 5.17. The van der Waals surface area contributed by atoms with Crippen LogP contribution in [-0.2, 0) is 12.8 Å². The SMILES string of the molecule is CCc1ccsc1C(=O)NC1c2ccccc2CC1Br. The van der Waals surface area contributed by atoms with Gasteiger partial charge >= 0.3 is 0 Å². The van der Waals surface area contributed by atoms with Gasteiger partial charge in [-0.3, -0.25) is 4.79 Å². The molecule has 0 spiro atoms. The number of benzene rings is 1. The molecule has 1 aliphatic carbocycles. The smallest absolute Gasteiger partial charge is 0.262 e. The Morgan fingerprint density at radius 2 is 2.20 bits per heavy atom. The first-order chi connectivity index (χ1) is 9.70. The van der Waals surface area contributed by atoms with Gasteiger partial charge in [-0.1, -0.05) is 47.1 Å². The average molecular weight is 350 g/mol. The van der Waals surface area contributed by atoms with Gasteiger partial charge in [0.25, 0.3) is 5.91 Å². The number of nitrogens with one attached hydrogen (secondary N) is 1. The molecule has 104 valence electrons. The molecular weight excluding hydrogens is 334 g/mol. The van der Waals surface area contributed by atoms with Crippen LogP contribution in [0.15, 0.2) is 35.7 Å². The van der Waals surface area contributed by atoms with E-state index in [9.17, 15) is 4.79 Å². The van der Waals surface area contributed by atoms with Crippen LogP contribution in [0.2, 0.25) is 0 Å². The maximum absolute atomic E-state index is 12.5. The van der Waals surface area contributed by atoms with Gasteiger partial charge in [0.05, 0.1) is 10.9 Å². The van der Waals surface area contributed by atoms with E-state index in [2.05, 4.69) is 46.4 Å². The lowest BCUT2D eigenvalue weighted by molar-refractivity contribution is 0.0941. The fraction of sp³-hybridized carbons (Fsp3) is 0.312. The number of hydrogen-bond donors (Lipinski definition) is 1. The summed E-state index contributed by atoms with van der Waals surface area (Å²) in [4.78, 5) is 13.6. The van der Waals surface area contributed by atoms with E-state index in [-0.39, 0.29) is 16.8 Å². The van der Waals surface area contributed by atoms with Crippen molar-refractivity contribution < 1.29 is 4.79 Å². The molecule has 1 aromatic carbocycles. The molecule has 1 amide bonds. The van der Waals surface area contributed by atoms with Gasteiger partial charge in [0.2, 0.25) is 0 Å². The van der Waals surface area contributed by atoms with Crippen LogP contribution in [0.3, 0.4) is 0 Å². The van der Waals surface area contributed by atoms with E-state index in [0.717, 1.165) is 23.3 Å². The molecule has 0 radical (unpaired) electrons. The van der Waals surface area contributed by atoms with Crippen molar-refractivity contribution >= 4 is 33.2 Å². The van der Waals surface area contributed by atoms with Crippen molar-refractivity contribution in [3.05, 3.63) is 57.3 Å². The molecule has 1 heterocycles. The van der Waals surface area contributed by atoms with Crippen molar-refractivity contribution in [1.82, 2.24) is 5.32 Å². The molecule has 1 aliphatic rings. The van der Waals surface area contributed by atoms with Crippen LogP contribution in [0, 0.1) is 0 Å². The third-order valence-corrected chi connectivity index (χ3v) is 5.60. The number of rotatable bonds is 3. The molecule has 0 bridgehead atoms. The molecule has 0 saturated carbocycles. The van der Waals surface area contributed by atoms with Crippen molar-refractivity contribution in [3.63, 3.8) is 0 Å². The lowest BCUT2D eigenvalue weighted by Crippen LogP contribution is -2.31. The van der Waals surface area contributed by atoms with Crippen molar-refractivity contribution in [3.8, 4) is 0 Å². The average Bonchev–Trinajstić information content (AvgIpc) is 3.04. The summed E-state index contributed by atoms with van der Waals surface area (Å²) in [6, 6.07) is 10.4. The Morgan fingerprint density at radius 1 is 1.40 bits per heavy atom. The number of alkyl halides is 1. The predicted molar refractivity (Wildman–Crippen MR) is 86.8 cm³/mol. The van der Waals surface area contributed by atoms with Gasteiger partial charge in [-0.15, -0.1) is 11.3 Å². The number of amides is 1. The van der Waals surface area contributed by atoms with Gasteiger partial charge in [-0.2, -0.15) is 0 Å². The summed E-state index contributed by atoms with van der Waals surface area (Å²) >= 11 is 5.22. The Balaban J connectivity index is 1.83. The zero-order valence-corrected chi connectivity index (χ0v) is 13.6. The van der Waals surface area contributed by atoms with Gasteiger partial charge in [0.15, 0.2) is 0 Å². The third-order valence-electron chi connectivity index (χ3n) is 3.79. The molecule has 2 atom stereocenters. The quantitative estimate of drug-likeness (QED) is 0.830. The van der Waals surface area contributed by atoms with Crippen molar-refractivity contribution in [2.45, 2.75) is 30.6 Å². The minimum atomic E-state index is 0.0444. The topological polar surface area (TPSA) is 29.1 Å². The normalized spacial score (nSPS) is 20.7. The summed E-state index contributed by atoms with van der Waals surface area (Å²) in [7, 11) is 0. The van der Waals surface area contributed by atoms with Gasteiger partial charge in [-0.05, 0) is 41.0 Å². The van der Waals surface area contributed by atoms with Crippen LogP contribution in [-0.4, -0.2) is 10.7 Å². The van der Waals surface area contributed by atoms with E-state index in [4.69, 9.17) is 0 Å². The lowest BCUT2D eigenvalue weighted by Gasteiger charge is -2.17. The van der Waals surface area contributed by atoms with E-state index in [0.29, 0.717) is 0 Å². The number of fused-ring (bicyclic) bond motifs is 1. The lowest BCUT2D eigenvalue weighted by atomic mass is 10.1. The van der Waals surface area contributed by atoms with E-state index < -0.39 is 0 Å². The fourth-order valence-electron chi connectivity index (χ4n) is 2.73. The molecule has 1 N–H and O–H groups in total.